The highest BCUT2D eigenvalue weighted by molar-refractivity contribution is 7.47. The molecule has 0 bridgehead atoms. The molecule has 19 heteroatoms. The van der Waals surface area contributed by atoms with Crippen molar-refractivity contribution in [1.82, 2.24) is 0 Å². The van der Waals surface area contributed by atoms with Crippen LogP contribution in [0, 0.1) is 11.8 Å². The summed E-state index contributed by atoms with van der Waals surface area (Å²) in [5.74, 6) is -0.445. The van der Waals surface area contributed by atoms with Crippen molar-refractivity contribution in [2.24, 2.45) is 11.8 Å². The zero-order valence-electron chi connectivity index (χ0n) is 66.2. The van der Waals surface area contributed by atoms with Gasteiger partial charge in [-0.05, 0) is 37.5 Å². The maximum absolute atomic E-state index is 13.1. The molecule has 17 nitrogen and oxygen atoms in total. The van der Waals surface area contributed by atoms with Gasteiger partial charge in [-0.15, -0.1) is 0 Å². The Hall–Kier alpha value is -1.94. The van der Waals surface area contributed by atoms with Crippen LogP contribution in [-0.4, -0.2) is 96.7 Å². The number of rotatable bonds is 81. The number of phosphoric ester groups is 2. The summed E-state index contributed by atoms with van der Waals surface area (Å²) in [4.78, 5) is 73.0. The average molecular weight is 1480 g/mol. The third-order valence-corrected chi connectivity index (χ3v) is 21.5. The van der Waals surface area contributed by atoms with Crippen LogP contribution in [0.5, 0.6) is 0 Å². The predicted octanol–water partition coefficient (Wildman–Crippen LogP) is 24.7. The number of hydrogen-bond acceptors (Lipinski definition) is 15. The first-order chi connectivity index (χ1) is 48.9. The minimum Gasteiger partial charge on any atom is -0.462 e. The van der Waals surface area contributed by atoms with Gasteiger partial charge in [-0.25, -0.2) is 9.13 Å². The Kier molecular flexibility index (Phi) is 72.2. The van der Waals surface area contributed by atoms with Crippen LogP contribution in [0.2, 0.25) is 0 Å². The van der Waals surface area contributed by atoms with Crippen LogP contribution in [0.3, 0.4) is 0 Å². The van der Waals surface area contributed by atoms with Crippen molar-refractivity contribution in [2.45, 2.75) is 452 Å². The molecular weight excluding hydrogens is 1320 g/mol. The van der Waals surface area contributed by atoms with Gasteiger partial charge in [0, 0.05) is 25.7 Å². The largest absolute Gasteiger partial charge is 0.472 e. The standard InChI is InChI=1S/C82H160O17P2/c1-7-10-12-14-16-18-19-20-30-36-42-48-54-60-66-81(86)98-77(70-92-79(84)64-58-52-46-38-17-15-13-11-8-2)72-96-100(88,89)94-68-76(83)69-95-101(90,91)97-73-78(71-93-80(85)65-59-53-47-41-35-32-27-28-33-39-44-50-56-62-74(4)5)99-82(87)67-61-55-49-43-37-31-26-24-22-21-23-25-29-34-40-45-51-57-63-75(6)9-3/h74-78,83H,7-73H2,1-6H3,(H,88,89)(H,90,91)/t75?,76-,77+,78+/m0/s1. The Balaban J connectivity index is 5.20. The summed E-state index contributed by atoms with van der Waals surface area (Å²) in [5, 5.41) is 10.6. The van der Waals surface area contributed by atoms with E-state index in [9.17, 15) is 43.2 Å². The van der Waals surface area contributed by atoms with Crippen LogP contribution in [0.25, 0.3) is 0 Å². The summed E-state index contributed by atoms with van der Waals surface area (Å²) < 4.78 is 68.7. The summed E-state index contributed by atoms with van der Waals surface area (Å²) in [6.07, 6.45) is 63.8. The molecule has 600 valence electrons. The monoisotopic (exact) mass is 1480 g/mol. The molecule has 0 rings (SSSR count). The van der Waals surface area contributed by atoms with Gasteiger partial charge in [0.2, 0.25) is 0 Å². The van der Waals surface area contributed by atoms with Gasteiger partial charge in [-0.1, -0.05) is 382 Å². The minimum absolute atomic E-state index is 0.108. The zero-order chi connectivity index (χ0) is 74.2. The van der Waals surface area contributed by atoms with Gasteiger partial charge in [0.1, 0.15) is 19.3 Å². The number of aliphatic hydroxyl groups is 1. The SMILES string of the molecule is CCCCCCCCCCCCCCCCC(=O)O[C@H](COC(=O)CCCCCCCCCCC)COP(=O)(O)OC[C@H](O)COP(=O)(O)OC[C@@H](COC(=O)CCCCCCCCCCCCCCCC(C)C)OC(=O)CCCCCCCCCCCCCCCCCCCCC(C)CC. The Morgan fingerprint density at radius 3 is 0.752 bits per heavy atom. The third-order valence-electron chi connectivity index (χ3n) is 19.6. The van der Waals surface area contributed by atoms with Crippen molar-refractivity contribution in [2.75, 3.05) is 39.6 Å². The lowest BCUT2D eigenvalue weighted by atomic mass is 9.99. The molecule has 0 aromatic heterocycles. The van der Waals surface area contributed by atoms with Crippen LogP contribution < -0.4 is 0 Å². The van der Waals surface area contributed by atoms with Gasteiger partial charge >= 0.3 is 39.5 Å². The average Bonchev–Trinajstić information content (AvgIpc) is 1.07. The molecule has 3 unspecified atom stereocenters. The van der Waals surface area contributed by atoms with Gasteiger partial charge in [0.25, 0.3) is 0 Å². The van der Waals surface area contributed by atoms with E-state index in [2.05, 4.69) is 41.5 Å². The predicted molar refractivity (Wildman–Crippen MR) is 414 cm³/mol. The number of carbonyl (C=O) groups is 4. The van der Waals surface area contributed by atoms with E-state index in [4.69, 9.17) is 37.0 Å². The van der Waals surface area contributed by atoms with Gasteiger partial charge in [0.15, 0.2) is 12.2 Å². The highest BCUT2D eigenvalue weighted by Gasteiger charge is 2.30. The number of esters is 4. The molecule has 3 N–H and O–H groups in total. The first-order valence-electron chi connectivity index (χ1n) is 42.5. The van der Waals surface area contributed by atoms with Crippen LogP contribution in [0.4, 0.5) is 0 Å². The second kappa shape index (κ2) is 73.6. The van der Waals surface area contributed by atoms with Crippen molar-refractivity contribution in [3.8, 4) is 0 Å². The summed E-state index contributed by atoms with van der Waals surface area (Å²) in [7, 11) is -9.92. The molecule has 0 saturated carbocycles. The highest BCUT2D eigenvalue weighted by Crippen LogP contribution is 2.45. The van der Waals surface area contributed by atoms with Crippen molar-refractivity contribution in [1.29, 1.82) is 0 Å². The van der Waals surface area contributed by atoms with Crippen LogP contribution in [-0.2, 0) is 65.4 Å². The van der Waals surface area contributed by atoms with E-state index in [0.717, 1.165) is 102 Å². The van der Waals surface area contributed by atoms with E-state index in [1.54, 1.807) is 0 Å². The zero-order valence-corrected chi connectivity index (χ0v) is 68.0. The fraction of sp³-hybridized carbons (Fsp3) is 0.951. The molecule has 0 aliphatic heterocycles. The number of carbonyl (C=O) groups excluding carboxylic acids is 4. The molecule has 0 saturated heterocycles. The van der Waals surface area contributed by atoms with Gasteiger partial charge in [-0.2, -0.15) is 0 Å². The van der Waals surface area contributed by atoms with E-state index in [-0.39, 0.29) is 25.7 Å². The van der Waals surface area contributed by atoms with Crippen LogP contribution >= 0.6 is 15.6 Å². The molecular formula is C82H160O17P2. The maximum Gasteiger partial charge on any atom is 0.472 e. The molecule has 0 heterocycles. The summed E-state index contributed by atoms with van der Waals surface area (Å²) in [6, 6.07) is 0. The first-order valence-corrected chi connectivity index (χ1v) is 45.5. The van der Waals surface area contributed by atoms with E-state index >= 15 is 0 Å². The fourth-order valence-electron chi connectivity index (χ4n) is 12.7. The van der Waals surface area contributed by atoms with Crippen molar-refractivity contribution >= 4 is 39.5 Å². The molecule has 0 aliphatic rings. The molecule has 101 heavy (non-hydrogen) atoms. The third kappa shape index (κ3) is 74.7. The molecule has 0 spiro atoms. The molecule has 0 aromatic rings. The second-order valence-corrected chi connectivity index (χ2v) is 33.1. The number of aliphatic hydroxyl groups excluding tert-OH is 1. The van der Waals surface area contributed by atoms with Crippen molar-refractivity contribution in [3.05, 3.63) is 0 Å². The number of hydrogen-bond donors (Lipinski definition) is 3. The van der Waals surface area contributed by atoms with Crippen molar-refractivity contribution in [3.63, 3.8) is 0 Å². The van der Waals surface area contributed by atoms with Crippen LogP contribution in [0.15, 0.2) is 0 Å². The summed E-state index contributed by atoms with van der Waals surface area (Å²) in [6.45, 7) is 9.71. The highest BCUT2D eigenvalue weighted by atomic mass is 31.2. The lowest BCUT2D eigenvalue weighted by Gasteiger charge is -2.21. The normalized spacial score (nSPS) is 14.2. The molecule has 0 amide bonds. The lowest BCUT2D eigenvalue weighted by Crippen LogP contribution is -2.30. The number of phosphoric acid groups is 2. The quantitative estimate of drug-likeness (QED) is 0.0222. The topological polar surface area (TPSA) is 237 Å². The van der Waals surface area contributed by atoms with E-state index in [1.807, 2.05) is 0 Å². The molecule has 0 aromatic carbocycles. The second-order valence-electron chi connectivity index (χ2n) is 30.2. The fourth-order valence-corrected chi connectivity index (χ4v) is 14.3. The van der Waals surface area contributed by atoms with E-state index in [0.29, 0.717) is 25.7 Å². The van der Waals surface area contributed by atoms with Gasteiger partial charge in [-0.3, -0.25) is 37.3 Å². The molecule has 0 fully saturated rings. The lowest BCUT2D eigenvalue weighted by molar-refractivity contribution is -0.161. The Morgan fingerprint density at radius 2 is 0.505 bits per heavy atom. The smallest absolute Gasteiger partial charge is 0.462 e. The summed E-state index contributed by atoms with van der Waals surface area (Å²) >= 11 is 0. The Bertz CT molecular complexity index is 1940. The van der Waals surface area contributed by atoms with Gasteiger partial charge < -0.3 is 33.8 Å². The minimum atomic E-state index is -4.96. The maximum atomic E-state index is 13.1. The molecule has 0 aliphatic carbocycles. The van der Waals surface area contributed by atoms with Gasteiger partial charge in [0.05, 0.1) is 26.4 Å². The van der Waals surface area contributed by atoms with E-state index < -0.39 is 97.5 Å². The number of unbranched alkanes of at least 4 members (excludes halogenated alkanes) is 50. The molecule has 0 radical (unpaired) electrons. The van der Waals surface area contributed by atoms with E-state index in [1.165, 1.54) is 250 Å². The molecule has 6 atom stereocenters. The first kappa shape index (κ1) is 99.1. The Morgan fingerprint density at radius 1 is 0.287 bits per heavy atom. The van der Waals surface area contributed by atoms with Crippen LogP contribution in [0.1, 0.15) is 433 Å². The Labute approximate surface area is 619 Å². The number of ether oxygens (including phenoxy) is 4. The van der Waals surface area contributed by atoms with Crippen molar-refractivity contribution < 1.29 is 80.2 Å². The summed E-state index contributed by atoms with van der Waals surface area (Å²) in [5.41, 5.74) is 0.